The topological polar surface area (TPSA) is 48.5 Å². The van der Waals surface area contributed by atoms with E-state index in [0.717, 1.165) is 62.1 Å². The second-order valence-corrected chi connectivity index (χ2v) is 13.2. The molecule has 0 radical (unpaired) electrons. The molecule has 0 saturated heterocycles. The second-order valence-electron chi connectivity index (χ2n) is 11.2. The van der Waals surface area contributed by atoms with Crippen LogP contribution < -0.4 is 19.6 Å². The Balaban J connectivity index is 1.31. The van der Waals surface area contributed by atoms with E-state index in [2.05, 4.69) is 112 Å². The number of benzene rings is 4. The van der Waals surface area contributed by atoms with Gasteiger partial charge in [0.15, 0.2) is 4.80 Å². The highest BCUT2D eigenvalue weighted by Gasteiger charge is 2.32. The third kappa shape index (κ3) is 4.59. The fourth-order valence-corrected chi connectivity index (χ4v) is 7.81. The Bertz CT molecular complexity index is 2270. The highest BCUT2D eigenvalue weighted by atomic mass is 79.9. The van der Waals surface area contributed by atoms with Crippen molar-refractivity contribution >= 4 is 49.9 Å². The van der Waals surface area contributed by atoms with E-state index in [1.165, 1.54) is 33.6 Å². The zero-order chi connectivity index (χ0) is 29.8. The van der Waals surface area contributed by atoms with Crippen molar-refractivity contribution in [2.45, 2.75) is 25.4 Å². The van der Waals surface area contributed by atoms with Gasteiger partial charge in [0.2, 0.25) is 0 Å². The fourth-order valence-electron chi connectivity index (χ4n) is 6.56. The summed E-state index contributed by atoms with van der Waals surface area (Å²) in [5, 5.41) is 1.12. The van der Waals surface area contributed by atoms with E-state index in [1.54, 1.807) is 7.11 Å². The SMILES string of the molecule is COc1ccc(C2C3=C(N=c4sc(=Cc5cn(Cc6ccc(Br)cc6)c6ccccc56)c(=O)n42)c2ccccc2CC3)cc1. The molecule has 0 spiro atoms. The highest BCUT2D eigenvalue weighted by molar-refractivity contribution is 9.10. The van der Waals surface area contributed by atoms with Crippen LogP contribution in [0.2, 0.25) is 0 Å². The number of allylic oxidation sites excluding steroid dienone is 1. The minimum atomic E-state index is -0.221. The van der Waals surface area contributed by atoms with Gasteiger partial charge in [-0.3, -0.25) is 9.36 Å². The summed E-state index contributed by atoms with van der Waals surface area (Å²) in [6.45, 7) is 0.743. The van der Waals surface area contributed by atoms with Crippen molar-refractivity contribution in [3.63, 3.8) is 0 Å². The number of para-hydroxylation sites is 1. The third-order valence-corrected chi connectivity index (χ3v) is 10.2. The van der Waals surface area contributed by atoms with Crippen molar-refractivity contribution < 1.29 is 4.74 Å². The molecule has 2 aliphatic rings. The molecule has 0 amide bonds. The van der Waals surface area contributed by atoms with Gasteiger partial charge >= 0.3 is 0 Å². The molecule has 216 valence electrons. The lowest BCUT2D eigenvalue weighted by molar-refractivity contribution is 0.414. The van der Waals surface area contributed by atoms with E-state index in [0.29, 0.717) is 4.53 Å². The Morgan fingerprint density at radius 3 is 2.55 bits per heavy atom. The smallest absolute Gasteiger partial charge is 0.271 e. The van der Waals surface area contributed by atoms with Crippen LogP contribution in [0.4, 0.5) is 0 Å². The molecule has 5 nitrogen and oxygen atoms in total. The van der Waals surface area contributed by atoms with E-state index >= 15 is 0 Å². The summed E-state index contributed by atoms with van der Waals surface area (Å²) in [5.74, 6) is 0.795. The molecule has 2 aromatic heterocycles. The van der Waals surface area contributed by atoms with Crippen molar-refractivity contribution in [3.8, 4) is 5.75 Å². The van der Waals surface area contributed by atoms with Crippen LogP contribution in [0.5, 0.6) is 5.75 Å². The minimum absolute atomic E-state index is 0.00952. The normalized spacial score (nSPS) is 16.0. The molecule has 1 unspecified atom stereocenters. The van der Waals surface area contributed by atoms with Gasteiger partial charge in [0, 0.05) is 39.2 Å². The van der Waals surface area contributed by atoms with Crippen molar-refractivity contribution in [1.29, 1.82) is 0 Å². The molecular weight excluding hydrogens is 630 g/mol. The van der Waals surface area contributed by atoms with Crippen LogP contribution in [-0.2, 0) is 13.0 Å². The van der Waals surface area contributed by atoms with Crippen LogP contribution in [0, 0.1) is 0 Å². The zero-order valence-electron chi connectivity index (χ0n) is 24.0. The van der Waals surface area contributed by atoms with Crippen LogP contribution in [0.25, 0.3) is 22.7 Å². The van der Waals surface area contributed by atoms with Gasteiger partial charge in [-0.25, -0.2) is 4.99 Å². The molecule has 0 N–H and O–H groups in total. The van der Waals surface area contributed by atoms with E-state index < -0.39 is 0 Å². The van der Waals surface area contributed by atoms with Gasteiger partial charge in [0.05, 0.1) is 23.4 Å². The first-order valence-corrected chi connectivity index (χ1v) is 16.3. The molecule has 0 bridgehead atoms. The Morgan fingerprint density at radius 2 is 1.73 bits per heavy atom. The molecular formula is C37H28BrN3O2S. The van der Waals surface area contributed by atoms with Crippen LogP contribution in [0.1, 0.15) is 40.3 Å². The van der Waals surface area contributed by atoms with Crippen molar-refractivity contribution in [1.82, 2.24) is 9.13 Å². The highest BCUT2D eigenvalue weighted by Crippen LogP contribution is 2.41. The van der Waals surface area contributed by atoms with Crippen molar-refractivity contribution in [3.05, 3.63) is 161 Å². The molecule has 7 heteroatoms. The lowest BCUT2D eigenvalue weighted by atomic mass is 9.83. The number of thiazole rings is 1. The molecule has 44 heavy (non-hydrogen) atoms. The zero-order valence-corrected chi connectivity index (χ0v) is 26.4. The van der Waals surface area contributed by atoms with Gasteiger partial charge in [-0.15, -0.1) is 0 Å². The Hall–Kier alpha value is -4.46. The number of halogens is 1. The number of hydrogen-bond acceptors (Lipinski definition) is 4. The summed E-state index contributed by atoms with van der Waals surface area (Å²) in [4.78, 5) is 20.2. The van der Waals surface area contributed by atoms with Crippen molar-refractivity contribution in [2.24, 2.45) is 4.99 Å². The summed E-state index contributed by atoms with van der Waals surface area (Å²) >= 11 is 5.01. The summed E-state index contributed by atoms with van der Waals surface area (Å²) in [5.41, 5.74) is 9.10. The summed E-state index contributed by atoms with van der Waals surface area (Å²) in [7, 11) is 1.67. The average molecular weight is 659 g/mol. The molecule has 1 atom stereocenters. The fraction of sp³-hybridized carbons (Fsp3) is 0.135. The third-order valence-electron chi connectivity index (χ3n) is 8.68. The van der Waals surface area contributed by atoms with Crippen LogP contribution >= 0.6 is 27.3 Å². The number of hydrogen-bond donors (Lipinski definition) is 0. The van der Waals surface area contributed by atoms with E-state index in [1.807, 2.05) is 22.8 Å². The monoisotopic (exact) mass is 657 g/mol. The predicted molar refractivity (Wildman–Crippen MR) is 181 cm³/mol. The molecule has 8 rings (SSSR count). The van der Waals surface area contributed by atoms with Crippen LogP contribution in [-0.4, -0.2) is 16.2 Å². The lowest BCUT2D eigenvalue weighted by Crippen LogP contribution is -2.38. The first-order valence-electron chi connectivity index (χ1n) is 14.7. The van der Waals surface area contributed by atoms with Gasteiger partial charge in [-0.05, 0) is 71.5 Å². The lowest BCUT2D eigenvalue weighted by Gasteiger charge is -2.30. The van der Waals surface area contributed by atoms with Crippen molar-refractivity contribution in [2.75, 3.05) is 7.11 Å². The Labute approximate surface area is 266 Å². The van der Waals surface area contributed by atoms with E-state index in [9.17, 15) is 4.79 Å². The number of methoxy groups -OCH3 is 1. The molecule has 6 aromatic rings. The van der Waals surface area contributed by atoms with Crippen LogP contribution in [0.3, 0.4) is 0 Å². The standard InChI is InChI=1S/C37H28BrN3O2S/c1-43-28-17-12-25(13-18-28)35-31-19-14-24-6-2-3-8-30(24)34(31)39-37-41(35)36(42)33(44-37)20-26-22-40(32-9-5-4-7-29(26)32)21-23-10-15-27(38)16-11-23/h2-13,15-18,20,22,35H,14,19,21H2,1H3. The maximum atomic E-state index is 14.3. The van der Waals surface area contributed by atoms with Gasteiger partial charge < -0.3 is 9.30 Å². The first kappa shape index (κ1) is 27.1. The molecule has 1 aliphatic heterocycles. The molecule has 1 aliphatic carbocycles. The predicted octanol–water partition coefficient (Wildman–Crippen LogP) is 7.09. The van der Waals surface area contributed by atoms with Gasteiger partial charge in [-0.2, -0.15) is 0 Å². The quantitative estimate of drug-likeness (QED) is 0.199. The van der Waals surface area contributed by atoms with E-state index in [-0.39, 0.29) is 11.6 Å². The largest absolute Gasteiger partial charge is 0.497 e. The Morgan fingerprint density at radius 1 is 0.955 bits per heavy atom. The van der Waals surface area contributed by atoms with Crippen LogP contribution in [0.15, 0.2) is 123 Å². The Kier molecular flexibility index (Phi) is 6.73. The molecule has 3 heterocycles. The molecule has 4 aromatic carbocycles. The summed E-state index contributed by atoms with van der Waals surface area (Å²) in [6, 6.07) is 33.2. The maximum absolute atomic E-state index is 14.3. The second kappa shape index (κ2) is 10.9. The summed E-state index contributed by atoms with van der Waals surface area (Å²) in [6.07, 6.45) is 6.00. The van der Waals surface area contributed by atoms with Gasteiger partial charge in [0.1, 0.15) is 5.75 Å². The minimum Gasteiger partial charge on any atom is -0.497 e. The number of fused-ring (bicyclic) bond motifs is 4. The number of aromatic nitrogens is 2. The first-order chi connectivity index (χ1) is 21.6. The van der Waals surface area contributed by atoms with E-state index in [4.69, 9.17) is 9.73 Å². The number of ether oxygens (including phenoxy) is 1. The molecule has 0 fully saturated rings. The van der Waals surface area contributed by atoms with Gasteiger partial charge in [0.25, 0.3) is 5.56 Å². The maximum Gasteiger partial charge on any atom is 0.271 e. The number of rotatable bonds is 5. The molecule has 0 saturated carbocycles. The number of nitrogens with zero attached hydrogens (tertiary/aromatic N) is 3. The average Bonchev–Trinajstić information content (AvgIpc) is 3.57. The summed E-state index contributed by atoms with van der Waals surface area (Å²) < 4.78 is 11.4. The van der Waals surface area contributed by atoms with Gasteiger partial charge in [-0.1, -0.05) is 94.0 Å². The number of aryl methyl sites for hydroxylation is 1.